The lowest BCUT2D eigenvalue weighted by atomic mass is 10.2. The first-order chi connectivity index (χ1) is 14.8. The summed E-state index contributed by atoms with van der Waals surface area (Å²) in [6, 6.07) is 11.0. The van der Waals surface area contributed by atoms with Crippen LogP contribution in [0.4, 0.5) is 5.69 Å². The molecule has 0 aromatic heterocycles. The van der Waals surface area contributed by atoms with E-state index in [4.69, 9.17) is 16.3 Å². The van der Waals surface area contributed by atoms with E-state index in [2.05, 4.69) is 0 Å². The van der Waals surface area contributed by atoms with Crippen LogP contribution in [0.15, 0.2) is 47.4 Å². The van der Waals surface area contributed by atoms with E-state index in [1.807, 2.05) is 6.92 Å². The number of anilines is 1. The van der Waals surface area contributed by atoms with Gasteiger partial charge < -0.3 is 14.5 Å². The summed E-state index contributed by atoms with van der Waals surface area (Å²) in [5.41, 5.74) is 1.17. The third-order valence-electron chi connectivity index (χ3n) is 5.13. The van der Waals surface area contributed by atoms with Crippen LogP contribution in [-0.4, -0.2) is 70.4 Å². The van der Waals surface area contributed by atoms with Gasteiger partial charge in [0.1, 0.15) is 12.3 Å². The second kappa shape index (κ2) is 9.57. The molecule has 10 heteroatoms. The SMILES string of the molecule is COc1ccc(N(CC(=O)N2CCN(C=O)CC2)S(=O)(=O)c2ccc(C)cc2)cc1Cl. The lowest BCUT2D eigenvalue weighted by Gasteiger charge is -2.34. The summed E-state index contributed by atoms with van der Waals surface area (Å²) in [5, 5.41) is 0.233. The summed E-state index contributed by atoms with van der Waals surface area (Å²) in [6.45, 7) is 2.99. The second-order valence-corrected chi connectivity index (χ2v) is 9.44. The molecular formula is C21H24ClN3O5S. The molecule has 0 saturated carbocycles. The Morgan fingerprint density at radius 3 is 2.32 bits per heavy atom. The molecular weight excluding hydrogens is 442 g/mol. The molecule has 1 aliphatic heterocycles. The zero-order valence-electron chi connectivity index (χ0n) is 17.3. The minimum absolute atomic E-state index is 0.0728. The zero-order chi connectivity index (χ0) is 22.6. The molecule has 1 fully saturated rings. The molecule has 0 spiro atoms. The maximum atomic E-state index is 13.5. The smallest absolute Gasteiger partial charge is 0.264 e. The number of hydrogen-bond donors (Lipinski definition) is 0. The summed E-state index contributed by atoms with van der Waals surface area (Å²) in [5.74, 6) is 0.0441. The number of benzene rings is 2. The molecule has 1 saturated heterocycles. The predicted octanol–water partition coefficient (Wildman–Crippen LogP) is 2.15. The fourth-order valence-corrected chi connectivity index (χ4v) is 4.92. The quantitative estimate of drug-likeness (QED) is 0.585. The number of nitrogens with zero attached hydrogens (tertiary/aromatic N) is 3. The van der Waals surface area contributed by atoms with E-state index in [1.54, 1.807) is 34.1 Å². The molecule has 1 heterocycles. The van der Waals surface area contributed by atoms with Crippen LogP contribution in [0.3, 0.4) is 0 Å². The van der Waals surface area contributed by atoms with Crippen molar-refractivity contribution in [2.24, 2.45) is 0 Å². The van der Waals surface area contributed by atoms with Crippen molar-refractivity contribution >= 4 is 39.6 Å². The fraction of sp³-hybridized carbons (Fsp3) is 0.333. The summed E-state index contributed by atoms with van der Waals surface area (Å²) >= 11 is 6.23. The monoisotopic (exact) mass is 465 g/mol. The van der Waals surface area contributed by atoms with E-state index in [1.165, 1.54) is 25.3 Å². The van der Waals surface area contributed by atoms with Crippen LogP contribution in [0.25, 0.3) is 0 Å². The molecule has 2 amide bonds. The van der Waals surface area contributed by atoms with Crippen molar-refractivity contribution in [2.75, 3.05) is 44.1 Å². The van der Waals surface area contributed by atoms with E-state index in [9.17, 15) is 18.0 Å². The van der Waals surface area contributed by atoms with Crippen LogP contribution in [0.1, 0.15) is 5.56 Å². The highest BCUT2D eigenvalue weighted by molar-refractivity contribution is 7.92. The van der Waals surface area contributed by atoms with Crippen LogP contribution < -0.4 is 9.04 Å². The van der Waals surface area contributed by atoms with E-state index in [-0.39, 0.29) is 28.1 Å². The summed E-state index contributed by atoms with van der Waals surface area (Å²) in [7, 11) is -2.57. The Kier molecular flexibility index (Phi) is 7.07. The van der Waals surface area contributed by atoms with Gasteiger partial charge in [-0.3, -0.25) is 13.9 Å². The van der Waals surface area contributed by atoms with Crippen molar-refractivity contribution in [1.82, 2.24) is 9.80 Å². The average molecular weight is 466 g/mol. The average Bonchev–Trinajstić information content (AvgIpc) is 2.77. The Labute approximate surface area is 187 Å². The molecule has 1 aliphatic rings. The first kappa shape index (κ1) is 22.9. The number of methoxy groups -OCH3 is 1. The highest BCUT2D eigenvalue weighted by atomic mass is 35.5. The van der Waals surface area contributed by atoms with Crippen LogP contribution in [0, 0.1) is 6.92 Å². The molecule has 2 aromatic rings. The largest absolute Gasteiger partial charge is 0.495 e. The van der Waals surface area contributed by atoms with Crippen molar-refractivity contribution in [3.63, 3.8) is 0 Å². The second-order valence-electron chi connectivity index (χ2n) is 7.17. The van der Waals surface area contributed by atoms with Gasteiger partial charge in [-0.2, -0.15) is 0 Å². The van der Waals surface area contributed by atoms with Crippen LogP contribution in [0.5, 0.6) is 5.75 Å². The van der Waals surface area contributed by atoms with Crippen molar-refractivity contribution in [3.05, 3.63) is 53.1 Å². The van der Waals surface area contributed by atoms with Crippen molar-refractivity contribution in [2.45, 2.75) is 11.8 Å². The number of amides is 2. The molecule has 0 unspecified atom stereocenters. The number of sulfonamides is 1. The van der Waals surface area contributed by atoms with Gasteiger partial charge in [0.05, 0.1) is 22.7 Å². The van der Waals surface area contributed by atoms with Gasteiger partial charge >= 0.3 is 0 Å². The number of piperazine rings is 1. The molecule has 8 nitrogen and oxygen atoms in total. The number of ether oxygens (including phenoxy) is 1. The van der Waals surface area contributed by atoms with Gasteiger partial charge in [-0.15, -0.1) is 0 Å². The van der Waals surface area contributed by atoms with Crippen LogP contribution in [-0.2, 0) is 19.6 Å². The first-order valence-electron chi connectivity index (χ1n) is 9.66. The molecule has 166 valence electrons. The Hall–Kier alpha value is -2.78. The molecule has 2 aromatic carbocycles. The normalized spacial score (nSPS) is 14.3. The van der Waals surface area contributed by atoms with Crippen molar-refractivity contribution < 1.29 is 22.7 Å². The van der Waals surface area contributed by atoms with E-state index >= 15 is 0 Å². The summed E-state index contributed by atoms with van der Waals surface area (Å²) < 4.78 is 33.1. The van der Waals surface area contributed by atoms with Gasteiger partial charge in [-0.05, 0) is 37.3 Å². The minimum atomic E-state index is -4.04. The fourth-order valence-electron chi connectivity index (χ4n) is 3.26. The number of carbonyl (C=O) groups is 2. The standard InChI is InChI=1S/C21H24ClN3O5S/c1-16-3-6-18(7-4-16)31(28,29)25(17-5-8-20(30-2)19(22)13-17)14-21(27)24-11-9-23(15-26)10-12-24/h3-8,13,15H,9-12,14H2,1-2H3. The Morgan fingerprint density at radius 2 is 1.77 bits per heavy atom. The van der Waals surface area contributed by atoms with Gasteiger partial charge in [-0.1, -0.05) is 29.3 Å². The van der Waals surface area contributed by atoms with Crippen LogP contribution >= 0.6 is 11.6 Å². The maximum absolute atomic E-state index is 13.5. The number of halogens is 1. The number of carbonyl (C=O) groups excluding carboxylic acids is 2. The molecule has 3 rings (SSSR count). The van der Waals surface area contributed by atoms with Crippen molar-refractivity contribution in [1.29, 1.82) is 0 Å². The molecule has 0 atom stereocenters. The highest BCUT2D eigenvalue weighted by Gasteiger charge is 2.30. The van der Waals surface area contributed by atoms with Gasteiger partial charge in [0.2, 0.25) is 12.3 Å². The Bertz CT molecular complexity index is 1050. The molecule has 31 heavy (non-hydrogen) atoms. The minimum Gasteiger partial charge on any atom is -0.495 e. The van der Waals surface area contributed by atoms with E-state index < -0.39 is 10.0 Å². The first-order valence-corrected chi connectivity index (χ1v) is 11.5. The molecule has 0 N–H and O–H groups in total. The van der Waals surface area contributed by atoms with Gasteiger partial charge in [0.15, 0.2) is 0 Å². The predicted molar refractivity (Wildman–Crippen MR) is 118 cm³/mol. The summed E-state index contributed by atoms with van der Waals surface area (Å²) in [6.07, 6.45) is 0.745. The van der Waals surface area contributed by atoms with Gasteiger partial charge in [0, 0.05) is 26.2 Å². The van der Waals surface area contributed by atoms with Crippen molar-refractivity contribution in [3.8, 4) is 5.75 Å². The Morgan fingerprint density at radius 1 is 1.13 bits per heavy atom. The third-order valence-corrected chi connectivity index (χ3v) is 7.21. The lowest BCUT2D eigenvalue weighted by molar-refractivity contribution is -0.133. The Balaban J connectivity index is 1.94. The zero-order valence-corrected chi connectivity index (χ0v) is 18.9. The topological polar surface area (TPSA) is 87.2 Å². The maximum Gasteiger partial charge on any atom is 0.264 e. The van der Waals surface area contributed by atoms with Crippen LogP contribution in [0.2, 0.25) is 5.02 Å². The van der Waals surface area contributed by atoms with E-state index in [0.29, 0.717) is 31.9 Å². The molecule has 0 aliphatic carbocycles. The highest BCUT2D eigenvalue weighted by Crippen LogP contribution is 2.32. The molecule has 0 bridgehead atoms. The van der Waals surface area contributed by atoms with E-state index in [0.717, 1.165) is 16.3 Å². The van der Waals surface area contributed by atoms with Gasteiger partial charge in [0.25, 0.3) is 10.0 Å². The third kappa shape index (κ3) is 5.11. The molecule has 0 radical (unpaired) electrons. The van der Waals surface area contributed by atoms with Gasteiger partial charge in [-0.25, -0.2) is 8.42 Å². The summed E-state index contributed by atoms with van der Waals surface area (Å²) in [4.78, 5) is 27.1. The lowest BCUT2D eigenvalue weighted by Crippen LogP contribution is -2.51. The number of hydrogen-bond acceptors (Lipinski definition) is 5. The number of rotatable bonds is 7. The number of aryl methyl sites for hydroxylation is 1.